The molecule has 2 amide bonds. The molecule has 0 saturated heterocycles. The van der Waals surface area contributed by atoms with Gasteiger partial charge in [-0.15, -0.1) is 0 Å². The Kier molecular flexibility index (Phi) is 6.63. The molecule has 3 aromatic rings. The third kappa shape index (κ3) is 4.78. The van der Waals surface area contributed by atoms with Crippen LogP contribution in [0.3, 0.4) is 0 Å². The van der Waals surface area contributed by atoms with E-state index in [2.05, 4.69) is 22.8 Å². The highest BCUT2D eigenvalue weighted by Crippen LogP contribution is 2.44. The number of hydrogen-bond acceptors (Lipinski definition) is 4. The summed E-state index contributed by atoms with van der Waals surface area (Å²) in [5.74, 6) is -1.72. The van der Waals surface area contributed by atoms with Crippen LogP contribution in [0.15, 0.2) is 72.8 Å². The molecule has 34 heavy (non-hydrogen) atoms. The quantitative estimate of drug-likeness (QED) is 0.468. The molecule has 0 heterocycles. The summed E-state index contributed by atoms with van der Waals surface area (Å²) >= 11 is 0. The fraction of sp³-hybridized carbons (Fsp3) is 0.222. The van der Waals surface area contributed by atoms with Crippen molar-refractivity contribution in [1.82, 2.24) is 5.32 Å². The van der Waals surface area contributed by atoms with Gasteiger partial charge in [0, 0.05) is 11.6 Å². The van der Waals surface area contributed by atoms with Crippen molar-refractivity contribution < 1.29 is 24.2 Å². The lowest BCUT2D eigenvalue weighted by Crippen LogP contribution is -2.47. The van der Waals surface area contributed by atoms with Gasteiger partial charge in [0.1, 0.15) is 12.6 Å². The summed E-state index contributed by atoms with van der Waals surface area (Å²) in [6.07, 6.45) is -0.670. The number of ether oxygens (including phenoxy) is 1. The van der Waals surface area contributed by atoms with Crippen LogP contribution in [0.25, 0.3) is 11.1 Å². The molecular weight excluding hydrogens is 432 g/mol. The minimum atomic E-state index is -1.05. The number of carbonyl (C=O) groups is 3. The number of fused-ring (bicyclic) bond motifs is 3. The van der Waals surface area contributed by atoms with Crippen LogP contribution in [-0.2, 0) is 9.53 Å². The minimum absolute atomic E-state index is 0.0720. The van der Waals surface area contributed by atoms with E-state index in [1.807, 2.05) is 50.2 Å². The van der Waals surface area contributed by atoms with E-state index in [1.54, 1.807) is 0 Å². The van der Waals surface area contributed by atoms with E-state index in [-0.39, 0.29) is 24.0 Å². The van der Waals surface area contributed by atoms with E-state index in [0.29, 0.717) is 5.69 Å². The van der Waals surface area contributed by atoms with Crippen LogP contribution in [0, 0.1) is 5.92 Å². The third-order valence-corrected chi connectivity index (χ3v) is 5.97. The standard InChI is InChI=1S/C27H26N2O5/c1-16(2)24(25(30)28-18-13-11-17(12-14-18)26(31)32)29-27(33)34-15-23-21-9-5-3-7-19(21)20-8-4-6-10-22(20)23/h3-14,16,23-24H,15H2,1-2H3,(H,28,30)(H,29,33)(H,31,32)/t24-/m1/s1. The predicted molar refractivity (Wildman–Crippen MR) is 129 cm³/mol. The van der Waals surface area contributed by atoms with Gasteiger partial charge in [-0.3, -0.25) is 4.79 Å². The van der Waals surface area contributed by atoms with Crippen molar-refractivity contribution in [3.8, 4) is 11.1 Å². The van der Waals surface area contributed by atoms with Crippen LogP contribution >= 0.6 is 0 Å². The topological polar surface area (TPSA) is 105 Å². The lowest BCUT2D eigenvalue weighted by atomic mass is 9.98. The van der Waals surface area contributed by atoms with Crippen molar-refractivity contribution in [2.75, 3.05) is 11.9 Å². The molecule has 0 radical (unpaired) electrons. The van der Waals surface area contributed by atoms with Crippen LogP contribution in [0.1, 0.15) is 41.3 Å². The zero-order chi connectivity index (χ0) is 24.2. The molecule has 1 aliphatic rings. The lowest BCUT2D eigenvalue weighted by Gasteiger charge is -2.22. The van der Waals surface area contributed by atoms with Crippen LogP contribution in [0.4, 0.5) is 10.5 Å². The summed E-state index contributed by atoms with van der Waals surface area (Å²) in [7, 11) is 0. The molecule has 3 N–H and O–H groups in total. The summed E-state index contributed by atoms with van der Waals surface area (Å²) in [6, 6.07) is 21.1. The van der Waals surface area contributed by atoms with E-state index in [1.165, 1.54) is 24.3 Å². The van der Waals surface area contributed by atoms with E-state index < -0.39 is 24.0 Å². The van der Waals surface area contributed by atoms with Gasteiger partial charge in [0.05, 0.1) is 5.56 Å². The van der Waals surface area contributed by atoms with Gasteiger partial charge in [-0.05, 0) is 52.4 Å². The van der Waals surface area contributed by atoms with Crippen molar-refractivity contribution >= 4 is 23.7 Å². The summed E-state index contributed by atoms with van der Waals surface area (Å²) in [6.45, 7) is 3.80. The number of carboxylic acids is 1. The van der Waals surface area contributed by atoms with Crippen LogP contribution in [0.5, 0.6) is 0 Å². The van der Waals surface area contributed by atoms with Crippen molar-refractivity contribution in [2.45, 2.75) is 25.8 Å². The molecule has 0 aromatic heterocycles. The fourth-order valence-electron chi connectivity index (χ4n) is 4.22. The maximum absolute atomic E-state index is 12.8. The molecule has 0 unspecified atom stereocenters. The van der Waals surface area contributed by atoms with Gasteiger partial charge < -0.3 is 20.5 Å². The van der Waals surface area contributed by atoms with Crippen LogP contribution in [0.2, 0.25) is 0 Å². The number of carboxylic acid groups (broad SMARTS) is 1. The number of anilines is 1. The van der Waals surface area contributed by atoms with Crippen molar-refractivity contribution in [2.24, 2.45) is 5.92 Å². The molecule has 0 spiro atoms. The second-order valence-electron chi connectivity index (χ2n) is 8.56. The zero-order valence-corrected chi connectivity index (χ0v) is 18.9. The number of nitrogens with one attached hydrogen (secondary N) is 2. The number of alkyl carbamates (subject to hydrolysis) is 1. The molecule has 0 saturated carbocycles. The number of rotatable bonds is 7. The van der Waals surface area contributed by atoms with Gasteiger partial charge in [-0.25, -0.2) is 9.59 Å². The first-order chi connectivity index (χ1) is 16.3. The Morgan fingerprint density at radius 1 is 0.882 bits per heavy atom. The first kappa shape index (κ1) is 23.0. The molecule has 4 rings (SSSR count). The zero-order valence-electron chi connectivity index (χ0n) is 18.9. The van der Waals surface area contributed by atoms with Gasteiger partial charge in [0.2, 0.25) is 5.91 Å². The number of carbonyl (C=O) groups excluding carboxylic acids is 2. The second kappa shape index (κ2) is 9.79. The summed E-state index contributed by atoms with van der Waals surface area (Å²) in [4.78, 5) is 36.4. The molecule has 174 valence electrons. The Morgan fingerprint density at radius 3 is 1.97 bits per heavy atom. The molecule has 1 atom stereocenters. The normalized spacial score (nSPS) is 13.0. The maximum Gasteiger partial charge on any atom is 0.407 e. The summed E-state index contributed by atoms with van der Waals surface area (Å²) in [5, 5.41) is 14.4. The lowest BCUT2D eigenvalue weighted by molar-refractivity contribution is -0.119. The summed E-state index contributed by atoms with van der Waals surface area (Å²) in [5.41, 5.74) is 5.06. The molecule has 0 aliphatic heterocycles. The highest BCUT2D eigenvalue weighted by atomic mass is 16.5. The minimum Gasteiger partial charge on any atom is -0.478 e. The molecule has 0 fully saturated rings. The predicted octanol–water partition coefficient (Wildman–Crippen LogP) is 4.89. The average Bonchev–Trinajstić information content (AvgIpc) is 3.15. The molecule has 0 bridgehead atoms. The maximum atomic E-state index is 12.8. The number of benzene rings is 3. The second-order valence-corrected chi connectivity index (χ2v) is 8.56. The van der Waals surface area contributed by atoms with Gasteiger partial charge in [0.25, 0.3) is 0 Å². The van der Waals surface area contributed by atoms with Gasteiger partial charge in [-0.2, -0.15) is 0 Å². The van der Waals surface area contributed by atoms with Crippen LogP contribution in [-0.4, -0.2) is 35.7 Å². The monoisotopic (exact) mass is 458 g/mol. The van der Waals surface area contributed by atoms with Gasteiger partial charge >= 0.3 is 12.1 Å². The first-order valence-electron chi connectivity index (χ1n) is 11.1. The number of amides is 2. The Labute approximate surface area is 197 Å². The molecule has 7 heteroatoms. The molecule has 1 aliphatic carbocycles. The van der Waals surface area contributed by atoms with E-state index >= 15 is 0 Å². The highest BCUT2D eigenvalue weighted by Gasteiger charge is 2.30. The van der Waals surface area contributed by atoms with Crippen molar-refractivity contribution in [3.63, 3.8) is 0 Å². The SMILES string of the molecule is CC(C)[C@@H](NC(=O)OCC1c2ccccc2-c2ccccc21)C(=O)Nc1ccc(C(=O)O)cc1. The largest absolute Gasteiger partial charge is 0.478 e. The number of hydrogen-bond donors (Lipinski definition) is 3. The number of aromatic carboxylic acids is 1. The van der Waals surface area contributed by atoms with E-state index in [4.69, 9.17) is 9.84 Å². The van der Waals surface area contributed by atoms with E-state index in [0.717, 1.165) is 22.3 Å². The highest BCUT2D eigenvalue weighted by molar-refractivity contribution is 5.97. The van der Waals surface area contributed by atoms with Crippen molar-refractivity contribution in [1.29, 1.82) is 0 Å². The smallest absolute Gasteiger partial charge is 0.407 e. The Hall–Kier alpha value is -4.13. The summed E-state index contributed by atoms with van der Waals surface area (Å²) < 4.78 is 5.57. The van der Waals surface area contributed by atoms with Gasteiger partial charge in [-0.1, -0.05) is 62.4 Å². The average molecular weight is 459 g/mol. The fourth-order valence-corrected chi connectivity index (χ4v) is 4.22. The van der Waals surface area contributed by atoms with Gasteiger partial charge in [0.15, 0.2) is 0 Å². The first-order valence-corrected chi connectivity index (χ1v) is 11.1. The Balaban J connectivity index is 1.40. The van der Waals surface area contributed by atoms with E-state index in [9.17, 15) is 14.4 Å². The molecule has 7 nitrogen and oxygen atoms in total. The van der Waals surface area contributed by atoms with Crippen molar-refractivity contribution in [3.05, 3.63) is 89.5 Å². The molecular formula is C27H26N2O5. The molecule has 3 aromatic carbocycles. The Bertz CT molecular complexity index is 1170. The Morgan fingerprint density at radius 2 is 1.44 bits per heavy atom. The third-order valence-electron chi connectivity index (χ3n) is 5.97. The van der Waals surface area contributed by atoms with Crippen LogP contribution < -0.4 is 10.6 Å².